The summed E-state index contributed by atoms with van der Waals surface area (Å²) in [4.78, 5) is 4.70. The van der Waals surface area contributed by atoms with E-state index in [1.54, 1.807) is 16.3 Å². The van der Waals surface area contributed by atoms with Crippen molar-refractivity contribution in [3.8, 4) is 22.8 Å². The first kappa shape index (κ1) is 19.4. The summed E-state index contributed by atoms with van der Waals surface area (Å²) in [5, 5.41) is 9.13. The quantitative estimate of drug-likeness (QED) is 0.232. The minimum atomic E-state index is 0.798. The highest BCUT2D eigenvalue weighted by atomic mass is 79.9. The SMILES string of the molecule is CN(N=Cc1ccc(Br)cc1)c1nc(-c2ccc(Oc3ccccc3)cc2)cs1. The van der Waals surface area contributed by atoms with Gasteiger partial charge in [-0.2, -0.15) is 5.10 Å². The first-order valence-corrected chi connectivity index (χ1v) is 10.7. The van der Waals surface area contributed by atoms with Crippen LogP contribution in [0.15, 0.2) is 93.8 Å². The molecule has 4 nitrogen and oxygen atoms in total. The number of rotatable bonds is 6. The average molecular weight is 464 g/mol. The van der Waals surface area contributed by atoms with E-state index in [4.69, 9.17) is 9.72 Å². The fraction of sp³-hybridized carbons (Fsp3) is 0.0435. The second-order valence-corrected chi connectivity index (χ2v) is 8.03. The average Bonchev–Trinajstić information content (AvgIpc) is 3.25. The Morgan fingerprint density at radius 1 is 0.931 bits per heavy atom. The summed E-state index contributed by atoms with van der Waals surface area (Å²) < 4.78 is 6.89. The lowest BCUT2D eigenvalue weighted by Gasteiger charge is -2.08. The van der Waals surface area contributed by atoms with Gasteiger partial charge in [-0.15, -0.1) is 11.3 Å². The van der Waals surface area contributed by atoms with Crippen LogP contribution in [0.2, 0.25) is 0 Å². The topological polar surface area (TPSA) is 37.7 Å². The van der Waals surface area contributed by atoms with Gasteiger partial charge in [-0.25, -0.2) is 9.99 Å². The standard InChI is InChI=1S/C23H18BrN3OS/c1-27(25-15-17-7-11-19(24)12-8-17)23-26-22(16-29-23)18-9-13-21(14-10-18)28-20-5-3-2-4-6-20/h2-16H,1H3. The molecule has 0 saturated heterocycles. The maximum absolute atomic E-state index is 5.85. The number of ether oxygens (including phenoxy) is 1. The molecule has 0 aliphatic rings. The molecule has 0 fully saturated rings. The van der Waals surface area contributed by atoms with E-state index in [-0.39, 0.29) is 0 Å². The monoisotopic (exact) mass is 463 g/mol. The van der Waals surface area contributed by atoms with Crippen molar-refractivity contribution in [3.63, 3.8) is 0 Å². The van der Waals surface area contributed by atoms with Crippen LogP contribution in [0.5, 0.6) is 11.5 Å². The van der Waals surface area contributed by atoms with E-state index in [0.717, 1.165) is 37.9 Å². The summed E-state index contributed by atoms with van der Waals surface area (Å²) in [6.45, 7) is 0. The number of hydrogen-bond acceptors (Lipinski definition) is 5. The van der Waals surface area contributed by atoms with Crippen LogP contribution in [0.1, 0.15) is 5.56 Å². The van der Waals surface area contributed by atoms with E-state index >= 15 is 0 Å². The summed E-state index contributed by atoms with van der Waals surface area (Å²) in [6, 6.07) is 25.7. The fourth-order valence-electron chi connectivity index (χ4n) is 2.62. The molecule has 3 aromatic carbocycles. The van der Waals surface area contributed by atoms with Crippen LogP contribution in [0, 0.1) is 0 Å². The van der Waals surface area contributed by atoms with Gasteiger partial charge in [0.15, 0.2) is 0 Å². The molecule has 0 atom stereocenters. The van der Waals surface area contributed by atoms with Gasteiger partial charge in [0.25, 0.3) is 0 Å². The maximum atomic E-state index is 5.85. The van der Waals surface area contributed by atoms with Crippen LogP contribution in [0.4, 0.5) is 5.13 Å². The van der Waals surface area contributed by atoms with Gasteiger partial charge in [0.1, 0.15) is 11.5 Å². The molecule has 0 aliphatic heterocycles. The molecule has 4 rings (SSSR count). The van der Waals surface area contributed by atoms with E-state index in [1.807, 2.05) is 97.5 Å². The molecule has 0 radical (unpaired) electrons. The minimum absolute atomic E-state index is 0.798. The molecule has 0 spiro atoms. The van der Waals surface area contributed by atoms with Crippen LogP contribution in [-0.4, -0.2) is 18.2 Å². The van der Waals surface area contributed by atoms with Gasteiger partial charge < -0.3 is 4.74 Å². The second kappa shape index (κ2) is 9.03. The molecule has 0 bridgehead atoms. The number of hydrogen-bond donors (Lipinski definition) is 0. The third-order valence-electron chi connectivity index (χ3n) is 4.15. The van der Waals surface area contributed by atoms with Crippen molar-refractivity contribution >= 4 is 38.6 Å². The Labute approximate surface area is 182 Å². The highest BCUT2D eigenvalue weighted by Crippen LogP contribution is 2.29. The maximum Gasteiger partial charge on any atom is 0.206 e. The van der Waals surface area contributed by atoms with E-state index in [9.17, 15) is 0 Å². The van der Waals surface area contributed by atoms with Gasteiger partial charge in [0.05, 0.1) is 11.9 Å². The molecule has 0 unspecified atom stereocenters. The number of benzene rings is 3. The summed E-state index contributed by atoms with van der Waals surface area (Å²) in [5.41, 5.74) is 2.99. The van der Waals surface area contributed by atoms with Crippen LogP contribution >= 0.6 is 27.3 Å². The number of thiazole rings is 1. The first-order valence-electron chi connectivity index (χ1n) is 8.99. The third kappa shape index (κ3) is 5.10. The van der Waals surface area contributed by atoms with Gasteiger partial charge in [-0.3, -0.25) is 0 Å². The molecule has 0 N–H and O–H groups in total. The van der Waals surface area contributed by atoms with Crippen molar-refractivity contribution in [2.24, 2.45) is 5.10 Å². The number of hydrazone groups is 1. The summed E-state index contributed by atoms with van der Waals surface area (Å²) in [6.07, 6.45) is 1.82. The number of anilines is 1. The fourth-order valence-corrected chi connectivity index (χ4v) is 3.64. The van der Waals surface area contributed by atoms with Gasteiger partial charge in [0, 0.05) is 22.5 Å². The zero-order valence-electron chi connectivity index (χ0n) is 15.7. The van der Waals surface area contributed by atoms with Gasteiger partial charge >= 0.3 is 0 Å². The van der Waals surface area contributed by atoms with E-state index < -0.39 is 0 Å². The predicted octanol–water partition coefficient (Wildman–Crippen LogP) is 6.84. The number of aromatic nitrogens is 1. The summed E-state index contributed by atoms with van der Waals surface area (Å²) in [5.74, 6) is 1.62. The van der Waals surface area contributed by atoms with Crippen LogP contribution in [-0.2, 0) is 0 Å². The van der Waals surface area contributed by atoms with E-state index in [2.05, 4.69) is 21.0 Å². The zero-order chi connectivity index (χ0) is 20.1. The van der Waals surface area contributed by atoms with E-state index in [0.29, 0.717) is 0 Å². The van der Waals surface area contributed by atoms with Crippen molar-refractivity contribution in [2.75, 3.05) is 12.1 Å². The van der Waals surface area contributed by atoms with Crippen LogP contribution in [0.3, 0.4) is 0 Å². The third-order valence-corrected chi connectivity index (χ3v) is 5.58. The van der Waals surface area contributed by atoms with E-state index in [1.165, 1.54) is 0 Å². The lowest BCUT2D eigenvalue weighted by atomic mass is 10.2. The molecule has 4 aromatic rings. The van der Waals surface area contributed by atoms with Crippen molar-refractivity contribution < 1.29 is 4.74 Å². The van der Waals surface area contributed by atoms with Crippen molar-refractivity contribution in [1.29, 1.82) is 0 Å². The number of nitrogens with zero attached hydrogens (tertiary/aromatic N) is 3. The Morgan fingerprint density at radius 3 is 2.34 bits per heavy atom. The van der Waals surface area contributed by atoms with Crippen molar-refractivity contribution in [1.82, 2.24) is 4.98 Å². The molecule has 1 heterocycles. The Bertz CT molecular complexity index is 1090. The Kier molecular flexibility index (Phi) is 6.03. The highest BCUT2D eigenvalue weighted by molar-refractivity contribution is 9.10. The second-order valence-electron chi connectivity index (χ2n) is 6.27. The minimum Gasteiger partial charge on any atom is -0.457 e. The Balaban J connectivity index is 1.43. The summed E-state index contributed by atoms with van der Waals surface area (Å²) in [7, 11) is 1.90. The van der Waals surface area contributed by atoms with Gasteiger partial charge in [-0.05, 0) is 54.1 Å². The molecule has 0 aliphatic carbocycles. The summed E-state index contributed by atoms with van der Waals surface area (Å²) >= 11 is 5.00. The highest BCUT2D eigenvalue weighted by Gasteiger charge is 2.08. The number of halogens is 1. The van der Waals surface area contributed by atoms with Gasteiger partial charge in [0.2, 0.25) is 5.13 Å². The van der Waals surface area contributed by atoms with Crippen LogP contribution in [0.25, 0.3) is 11.3 Å². The number of para-hydroxylation sites is 1. The molecule has 29 heavy (non-hydrogen) atoms. The van der Waals surface area contributed by atoms with Gasteiger partial charge in [-0.1, -0.05) is 46.3 Å². The predicted molar refractivity (Wildman–Crippen MR) is 124 cm³/mol. The molecule has 0 amide bonds. The lowest BCUT2D eigenvalue weighted by molar-refractivity contribution is 0.483. The molecule has 0 saturated carbocycles. The Hall–Kier alpha value is -2.96. The Morgan fingerprint density at radius 2 is 1.62 bits per heavy atom. The van der Waals surface area contributed by atoms with Crippen molar-refractivity contribution in [3.05, 3.63) is 94.3 Å². The molecular weight excluding hydrogens is 446 g/mol. The largest absolute Gasteiger partial charge is 0.457 e. The molecule has 1 aromatic heterocycles. The zero-order valence-corrected chi connectivity index (χ0v) is 18.1. The first-order chi connectivity index (χ1) is 14.2. The lowest BCUT2D eigenvalue weighted by Crippen LogP contribution is -2.08. The van der Waals surface area contributed by atoms with Crippen molar-refractivity contribution in [2.45, 2.75) is 0 Å². The smallest absolute Gasteiger partial charge is 0.206 e. The molecule has 144 valence electrons. The molecular formula is C23H18BrN3OS. The van der Waals surface area contributed by atoms with Crippen LogP contribution < -0.4 is 9.75 Å². The normalized spacial score (nSPS) is 11.0. The molecule has 6 heteroatoms.